The third-order valence-corrected chi connectivity index (χ3v) is 2.60. The quantitative estimate of drug-likeness (QED) is 0.617. The van der Waals surface area contributed by atoms with Gasteiger partial charge in [0.25, 0.3) is 0 Å². The van der Waals surface area contributed by atoms with Gasteiger partial charge in [-0.05, 0) is 31.6 Å². The Bertz CT molecular complexity index is 168. The summed E-state index contributed by atoms with van der Waals surface area (Å²) in [4.78, 5) is 10.3. The van der Waals surface area contributed by atoms with Crippen LogP contribution in [-0.2, 0) is 4.79 Å². The molecule has 0 amide bonds. The van der Waals surface area contributed by atoms with Gasteiger partial charge >= 0.3 is 6.18 Å². The van der Waals surface area contributed by atoms with Gasteiger partial charge in [0.15, 0.2) is 0 Å². The van der Waals surface area contributed by atoms with E-state index in [0.29, 0.717) is 25.7 Å². The Morgan fingerprint density at radius 3 is 2.08 bits per heavy atom. The van der Waals surface area contributed by atoms with Gasteiger partial charge in [0.2, 0.25) is 0 Å². The standard InChI is InChI=1S/C9H13F3O/c10-9(11,12)5-7-1-3-8(6-13)4-2-7/h6-8H,1-5H2. The first kappa shape index (κ1) is 10.5. The molecule has 1 nitrogen and oxygen atoms in total. The molecule has 0 saturated heterocycles. The van der Waals surface area contributed by atoms with Gasteiger partial charge in [0.05, 0.1) is 0 Å². The molecule has 0 atom stereocenters. The largest absolute Gasteiger partial charge is 0.389 e. The molecule has 0 unspecified atom stereocenters. The molecular weight excluding hydrogens is 181 g/mol. The summed E-state index contributed by atoms with van der Waals surface area (Å²) in [5.41, 5.74) is 0. The molecule has 0 aromatic heterocycles. The van der Waals surface area contributed by atoms with Crippen LogP contribution in [-0.4, -0.2) is 12.5 Å². The van der Waals surface area contributed by atoms with Crippen molar-refractivity contribution in [2.75, 3.05) is 0 Å². The summed E-state index contributed by atoms with van der Waals surface area (Å²) in [6, 6.07) is 0. The highest BCUT2D eigenvalue weighted by Gasteiger charge is 2.33. The molecule has 0 aliphatic heterocycles. The summed E-state index contributed by atoms with van der Waals surface area (Å²) in [6.45, 7) is 0. The topological polar surface area (TPSA) is 17.1 Å². The fourth-order valence-electron chi connectivity index (χ4n) is 1.86. The summed E-state index contributed by atoms with van der Waals surface area (Å²) < 4.78 is 35.8. The number of alkyl halides is 3. The lowest BCUT2D eigenvalue weighted by Gasteiger charge is -2.25. The minimum atomic E-state index is -4.04. The van der Waals surface area contributed by atoms with Crippen LogP contribution in [0.15, 0.2) is 0 Å². The van der Waals surface area contributed by atoms with Crippen LogP contribution < -0.4 is 0 Å². The van der Waals surface area contributed by atoms with Crippen LogP contribution in [0.2, 0.25) is 0 Å². The van der Waals surface area contributed by atoms with Gasteiger partial charge in [-0.15, -0.1) is 0 Å². The third-order valence-electron chi connectivity index (χ3n) is 2.60. The van der Waals surface area contributed by atoms with E-state index < -0.39 is 12.6 Å². The van der Waals surface area contributed by atoms with Crippen molar-refractivity contribution >= 4 is 6.29 Å². The highest BCUT2D eigenvalue weighted by molar-refractivity contribution is 5.53. The first-order valence-corrected chi connectivity index (χ1v) is 4.53. The Balaban J connectivity index is 2.29. The molecule has 1 aliphatic carbocycles. The molecule has 1 saturated carbocycles. The molecule has 0 N–H and O–H groups in total. The van der Waals surface area contributed by atoms with Crippen LogP contribution in [0.5, 0.6) is 0 Å². The lowest BCUT2D eigenvalue weighted by molar-refractivity contribution is -0.147. The molecule has 1 aliphatic rings. The number of carbonyl (C=O) groups is 1. The predicted octanol–water partition coefficient (Wildman–Crippen LogP) is 2.94. The number of hydrogen-bond donors (Lipinski definition) is 0. The van der Waals surface area contributed by atoms with E-state index >= 15 is 0 Å². The number of aldehydes is 1. The molecule has 0 radical (unpaired) electrons. The van der Waals surface area contributed by atoms with E-state index in [1.54, 1.807) is 0 Å². The fraction of sp³-hybridized carbons (Fsp3) is 0.889. The molecule has 0 aromatic rings. The average molecular weight is 194 g/mol. The molecule has 1 rings (SSSR count). The SMILES string of the molecule is O=CC1CCC(CC(F)(F)F)CC1. The van der Waals surface area contributed by atoms with Gasteiger partial charge in [0, 0.05) is 12.3 Å². The third kappa shape index (κ3) is 3.79. The van der Waals surface area contributed by atoms with Gasteiger partial charge in [-0.1, -0.05) is 0 Å². The zero-order valence-electron chi connectivity index (χ0n) is 7.31. The second kappa shape index (κ2) is 4.11. The predicted molar refractivity (Wildman–Crippen MR) is 42.2 cm³/mol. The zero-order valence-corrected chi connectivity index (χ0v) is 7.31. The number of halogens is 3. The lowest BCUT2D eigenvalue weighted by Crippen LogP contribution is -2.21. The summed E-state index contributed by atoms with van der Waals surface area (Å²) in [5, 5.41) is 0. The molecule has 0 heterocycles. The summed E-state index contributed by atoms with van der Waals surface area (Å²) in [5.74, 6) is -0.249. The summed E-state index contributed by atoms with van der Waals surface area (Å²) in [6.07, 6.45) is -1.51. The van der Waals surface area contributed by atoms with E-state index in [2.05, 4.69) is 0 Å². The lowest BCUT2D eigenvalue weighted by atomic mass is 9.81. The van der Waals surface area contributed by atoms with E-state index in [0.717, 1.165) is 6.29 Å². The van der Waals surface area contributed by atoms with Crippen LogP contribution in [0, 0.1) is 11.8 Å². The van der Waals surface area contributed by atoms with Crippen molar-refractivity contribution in [2.24, 2.45) is 11.8 Å². The van der Waals surface area contributed by atoms with Crippen molar-refractivity contribution in [1.82, 2.24) is 0 Å². The van der Waals surface area contributed by atoms with Gasteiger partial charge in [-0.3, -0.25) is 0 Å². The molecular formula is C9H13F3O. The van der Waals surface area contributed by atoms with E-state index in [4.69, 9.17) is 0 Å². The molecule has 0 spiro atoms. The van der Waals surface area contributed by atoms with Crippen LogP contribution in [0.4, 0.5) is 13.2 Å². The number of rotatable bonds is 2. The van der Waals surface area contributed by atoms with Crippen molar-refractivity contribution in [3.63, 3.8) is 0 Å². The van der Waals surface area contributed by atoms with Gasteiger partial charge in [-0.2, -0.15) is 13.2 Å². The summed E-state index contributed by atoms with van der Waals surface area (Å²) >= 11 is 0. The number of hydrogen-bond acceptors (Lipinski definition) is 1. The highest BCUT2D eigenvalue weighted by atomic mass is 19.4. The monoisotopic (exact) mass is 194 g/mol. The summed E-state index contributed by atoms with van der Waals surface area (Å²) in [7, 11) is 0. The van der Waals surface area contributed by atoms with E-state index in [-0.39, 0.29) is 11.8 Å². The second-order valence-electron chi connectivity index (χ2n) is 3.74. The molecule has 13 heavy (non-hydrogen) atoms. The molecule has 0 bridgehead atoms. The second-order valence-corrected chi connectivity index (χ2v) is 3.74. The number of carbonyl (C=O) groups excluding carboxylic acids is 1. The normalized spacial score (nSPS) is 30.1. The van der Waals surface area contributed by atoms with Gasteiger partial charge < -0.3 is 4.79 Å². The maximum Gasteiger partial charge on any atom is 0.389 e. The molecule has 76 valence electrons. The van der Waals surface area contributed by atoms with Crippen molar-refractivity contribution in [3.05, 3.63) is 0 Å². The van der Waals surface area contributed by atoms with E-state index in [1.807, 2.05) is 0 Å². The maximum absolute atomic E-state index is 11.9. The van der Waals surface area contributed by atoms with Gasteiger partial charge in [0.1, 0.15) is 6.29 Å². The van der Waals surface area contributed by atoms with Crippen molar-refractivity contribution in [2.45, 2.75) is 38.3 Å². The smallest absolute Gasteiger partial charge is 0.303 e. The van der Waals surface area contributed by atoms with Crippen molar-refractivity contribution < 1.29 is 18.0 Å². The molecule has 4 heteroatoms. The van der Waals surface area contributed by atoms with E-state index in [1.165, 1.54) is 0 Å². The van der Waals surface area contributed by atoms with E-state index in [9.17, 15) is 18.0 Å². The highest BCUT2D eigenvalue weighted by Crippen LogP contribution is 2.35. The van der Waals surface area contributed by atoms with Crippen LogP contribution in [0.25, 0.3) is 0 Å². The van der Waals surface area contributed by atoms with Crippen LogP contribution in [0.3, 0.4) is 0 Å². The Hall–Kier alpha value is -0.540. The molecule has 1 fully saturated rings. The fourth-order valence-corrected chi connectivity index (χ4v) is 1.86. The Kier molecular flexibility index (Phi) is 3.33. The average Bonchev–Trinajstić information content (AvgIpc) is 2.03. The minimum absolute atomic E-state index is 0.00415. The van der Waals surface area contributed by atoms with Crippen molar-refractivity contribution in [3.8, 4) is 0 Å². The van der Waals surface area contributed by atoms with Crippen LogP contribution >= 0.6 is 0 Å². The molecule has 0 aromatic carbocycles. The van der Waals surface area contributed by atoms with Gasteiger partial charge in [-0.25, -0.2) is 0 Å². The first-order valence-electron chi connectivity index (χ1n) is 4.53. The van der Waals surface area contributed by atoms with Crippen LogP contribution in [0.1, 0.15) is 32.1 Å². The van der Waals surface area contributed by atoms with Crippen molar-refractivity contribution in [1.29, 1.82) is 0 Å². The minimum Gasteiger partial charge on any atom is -0.303 e. The maximum atomic E-state index is 11.9. The first-order chi connectivity index (χ1) is 6.01. The Morgan fingerprint density at radius 1 is 1.15 bits per heavy atom. The zero-order chi connectivity index (χ0) is 9.90. The Labute approximate surface area is 75.3 Å². The Morgan fingerprint density at radius 2 is 1.69 bits per heavy atom.